The molecule has 6 heteroatoms. The number of benzene rings is 3. The van der Waals surface area contributed by atoms with Crippen molar-refractivity contribution in [2.24, 2.45) is 0 Å². The molecule has 4 aromatic rings. The lowest BCUT2D eigenvalue weighted by Gasteiger charge is -2.08. The summed E-state index contributed by atoms with van der Waals surface area (Å²) in [7, 11) is 0. The van der Waals surface area contributed by atoms with Crippen LogP contribution in [0.15, 0.2) is 88.2 Å². The summed E-state index contributed by atoms with van der Waals surface area (Å²) in [4.78, 5) is 16.5. The number of aliphatic carboxylic acids is 1. The van der Waals surface area contributed by atoms with Gasteiger partial charge in [-0.15, -0.1) is 11.8 Å². The second kappa shape index (κ2) is 10.9. The molecule has 3 aromatic carbocycles. The standard InChI is InChI=1S/C27H25NO4S/c1-19-25(28-27(32-19)22-9-3-2-4-10-22)17-31-23-11-5-8-21(15-23)18-33-24-12-6-7-20(16-24)13-14-26(29)30/h2-12,15-16H,13-14,17-18H2,1H3,(H,29,30). The van der Waals surface area contributed by atoms with E-state index in [2.05, 4.69) is 17.1 Å². The molecule has 0 fully saturated rings. The fraction of sp³-hybridized carbons (Fsp3) is 0.185. The Morgan fingerprint density at radius 3 is 2.61 bits per heavy atom. The highest BCUT2D eigenvalue weighted by molar-refractivity contribution is 7.98. The Balaban J connectivity index is 1.35. The van der Waals surface area contributed by atoms with Gasteiger partial charge in [0.2, 0.25) is 5.89 Å². The molecule has 1 aromatic heterocycles. The van der Waals surface area contributed by atoms with E-state index in [1.165, 1.54) is 0 Å². The first-order valence-electron chi connectivity index (χ1n) is 10.7. The molecule has 0 aliphatic heterocycles. The Morgan fingerprint density at radius 1 is 1.00 bits per heavy atom. The van der Waals surface area contributed by atoms with Gasteiger partial charge in [0.1, 0.15) is 23.8 Å². The molecule has 0 aliphatic rings. The molecule has 0 saturated heterocycles. The van der Waals surface area contributed by atoms with Gasteiger partial charge in [0, 0.05) is 22.6 Å². The minimum atomic E-state index is -0.776. The van der Waals surface area contributed by atoms with Crippen LogP contribution in [-0.2, 0) is 23.6 Å². The van der Waals surface area contributed by atoms with Crippen LogP contribution in [0.3, 0.4) is 0 Å². The molecule has 168 valence electrons. The highest BCUT2D eigenvalue weighted by Crippen LogP contribution is 2.27. The van der Waals surface area contributed by atoms with E-state index in [4.69, 9.17) is 14.3 Å². The van der Waals surface area contributed by atoms with E-state index in [0.717, 1.165) is 44.5 Å². The fourth-order valence-electron chi connectivity index (χ4n) is 3.35. The first-order valence-corrected chi connectivity index (χ1v) is 11.7. The largest absolute Gasteiger partial charge is 0.487 e. The monoisotopic (exact) mass is 459 g/mol. The van der Waals surface area contributed by atoms with Gasteiger partial charge in [-0.1, -0.05) is 42.5 Å². The fourth-order valence-corrected chi connectivity index (χ4v) is 4.27. The van der Waals surface area contributed by atoms with Gasteiger partial charge in [0.25, 0.3) is 0 Å². The van der Waals surface area contributed by atoms with E-state index in [-0.39, 0.29) is 6.42 Å². The van der Waals surface area contributed by atoms with Crippen LogP contribution < -0.4 is 4.74 Å². The van der Waals surface area contributed by atoms with Gasteiger partial charge in [0.05, 0.1) is 0 Å². The van der Waals surface area contributed by atoms with Crippen molar-refractivity contribution in [2.75, 3.05) is 0 Å². The van der Waals surface area contributed by atoms with Crippen LogP contribution in [0.2, 0.25) is 0 Å². The maximum Gasteiger partial charge on any atom is 0.303 e. The molecule has 0 aliphatic carbocycles. The summed E-state index contributed by atoms with van der Waals surface area (Å²) in [5.74, 6) is 2.15. The lowest BCUT2D eigenvalue weighted by Crippen LogP contribution is -1.98. The van der Waals surface area contributed by atoms with Crippen molar-refractivity contribution in [1.29, 1.82) is 0 Å². The third-order valence-corrected chi connectivity index (χ3v) is 6.18. The summed E-state index contributed by atoms with van der Waals surface area (Å²) >= 11 is 1.72. The molecule has 0 radical (unpaired) electrons. The average molecular weight is 460 g/mol. The van der Waals surface area contributed by atoms with Crippen molar-refractivity contribution in [3.63, 3.8) is 0 Å². The van der Waals surface area contributed by atoms with Gasteiger partial charge in [-0.05, 0) is 60.9 Å². The van der Waals surface area contributed by atoms with E-state index in [0.29, 0.717) is 18.9 Å². The van der Waals surface area contributed by atoms with Crippen LogP contribution in [-0.4, -0.2) is 16.1 Å². The third-order valence-electron chi connectivity index (χ3n) is 5.12. The van der Waals surface area contributed by atoms with Gasteiger partial charge >= 0.3 is 5.97 Å². The zero-order chi connectivity index (χ0) is 23.0. The number of rotatable bonds is 10. The number of hydrogen-bond donors (Lipinski definition) is 1. The van der Waals surface area contributed by atoms with Gasteiger partial charge in [-0.3, -0.25) is 4.79 Å². The molecule has 0 unspecified atom stereocenters. The van der Waals surface area contributed by atoms with Crippen LogP contribution in [0.1, 0.15) is 29.0 Å². The predicted octanol–water partition coefficient (Wildman–Crippen LogP) is 6.54. The molecule has 0 amide bonds. The first kappa shape index (κ1) is 22.7. The number of ether oxygens (including phenoxy) is 1. The Bertz CT molecular complexity index is 1220. The van der Waals surface area contributed by atoms with Crippen LogP contribution in [0.4, 0.5) is 0 Å². The summed E-state index contributed by atoms with van der Waals surface area (Å²) in [6.45, 7) is 2.24. The van der Waals surface area contributed by atoms with Gasteiger partial charge < -0.3 is 14.3 Å². The van der Waals surface area contributed by atoms with Crippen LogP contribution in [0.5, 0.6) is 5.75 Å². The summed E-state index contributed by atoms with van der Waals surface area (Å²) in [6, 6.07) is 25.9. The maximum absolute atomic E-state index is 10.8. The number of nitrogens with zero attached hydrogens (tertiary/aromatic N) is 1. The molecule has 0 saturated carbocycles. The van der Waals surface area contributed by atoms with E-state index in [1.807, 2.05) is 73.7 Å². The number of hydrogen-bond acceptors (Lipinski definition) is 5. The normalized spacial score (nSPS) is 10.8. The highest BCUT2D eigenvalue weighted by atomic mass is 32.2. The van der Waals surface area contributed by atoms with Gasteiger partial charge in [-0.25, -0.2) is 4.98 Å². The minimum Gasteiger partial charge on any atom is -0.487 e. The van der Waals surface area contributed by atoms with Crippen LogP contribution >= 0.6 is 11.8 Å². The summed E-state index contributed by atoms with van der Waals surface area (Å²) in [5.41, 5.74) is 3.91. The van der Waals surface area contributed by atoms with Crippen molar-refractivity contribution in [2.45, 2.75) is 37.0 Å². The Labute approximate surface area is 197 Å². The SMILES string of the molecule is Cc1oc(-c2ccccc2)nc1COc1cccc(CSc2cccc(CCC(=O)O)c2)c1. The molecule has 4 rings (SSSR count). The Morgan fingerprint density at radius 2 is 1.79 bits per heavy atom. The topological polar surface area (TPSA) is 72.6 Å². The van der Waals surface area contributed by atoms with Crippen LogP contribution in [0, 0.1) is 6.92 Å². The maximum atomic E-state index is 10.8. The quantitative estimate of drug-likeness (QED) is 0.272. The third kappa shape index (κ3) is 6.49. The van der Waals surface area contributed by atoms with Crippen molar-refractivity contribution in [1.82, 2.24) is 4.98 Å². The van der Waals surface area contributed by atoms with Crippen molar-refractivity contribution < 1.29 is 19.1 Å². The van der Waals surface area contributed by atoms with E-state index >= 15 is 0 Å². The zero-order valence-electron chi connectivity index (χ0n) is 18.4. The lowest BCUT2D eigenvalue weighted by atomic mass is 10.1. The highest BCUT2D eigenvalue weighted by Gasteiger charge is 2.12. The van der Waals surface area contributed by atoms with E-state index in [1.54, 1.807) is 11.8 Å². The first-order chi connectivity index (χ1) is 16.1. The molecular weight excluding hydrogens is 434 g/mol. The number of carboxylic acids is 1. The zero-order valence-corrected chi connectivity index (χ0v) is 19.2. The molecular formula is C27H25NO4S. The molecule has 1 N–H and O–H groups in total. The molecule has 0 spiro atoms. The molecule has 0 atom stereocenters. The van der Waals surface area contributed by atoms with Gasteiger partial charge in [0.15, 0.2) is 0 Å². The van der Waals surface area contributed by atoms with Crippen molar-refractivity contribution >= 4 is 17.7 Å². The second-order valence-electron chi connectivity index (χ2n) is 7.65. The minimum absolute atomic E-state index is 0.144. The molecule has 1 heterocycles. The second-order valence-corrected chi connectivity index (χ2v) is 8.70. The Hall–Kier alpha value is -3.51. The average Bonchev–Trinajstić information content (AvgIpc) is 3.22. The van der Waals surface area contributed by atoms with E-state index < -0.39 is 5.97 Å². The van der Waals surface area contributed by atoms with Crippen molar-refractivity contribution in [3.05, 3.63) is 101 Å². The van der Waals surface area contributed by atoms with E-state index in [9.17, 15) is 4.79 Å². The number of carbonyl (C=O) groups is 1. The number of aromatic nitrogens is 1. The summed E-state index contributed by atoms with van der Waals surface area (Å²) in [5, 5.41) is 8.88. The number of aryl methyl sites for hydroxylation is 2. The van der Waals surface area contributed by atoms with Crippen molar-refractivity contribution in [3.8, 4) is 17.2 Å². The Kier molecular flexibility index (Phi) is 7.47. The summed E-state index contributed by atoms with van der Waals surface area (Å²) in [6.07, 6.45) is 0.686. The number of oxazole rings is 1. The van der Waals surface area contributed by atoms with Crippen LogP contribution in [0.25, 0.3) is 11.5 Å². The molecule has 5 nitrogen and oxygen atoms in total. The lowest BCUT2D eigenvalue weighted by molar-refractivity contribution is -0.136. The predicted molar refractivity (Wildman–Crippen MR) is 129 cm³/mol. The smallest absolute Gasteiger partial charge is 0.303 e. The summed E-state index contributed by atoms with van der Waals surface area (Å²) < 4.78 is 11.8. The molecule has 33 heavy (non-hydrogen) atoms. The number of carboxylic acid groups (broad SMARTS) is 1. The molecule has 0 bridgehead atoms. The van der Waals surface area contributed by atoms with Gasteiger partial charge in [-0.2, -0.15) is 0 Å². The number of thioether (sulfide) groups is 1.